The van der Waals surface area contributed by atoms with Gasteiger partial charge in [0.2, 0.25) is 0 Å². The Labute approximate surface area is 328 Å². The molecule has 4 aromatic heterocycles. The maximum atomic E-state index is 6.59. The minimum absolute atomic E-state index is 0.0588. The second-order valence-electron chi connectivity index (χ2n) is 14.6. The van der Waals surface area contributed by atoms with Crippen molar-refractivity contribution in [2.24, 2.45) is 11.8 Å². The van der Waals surface area contributed by atoms with Crippen LogP contribution in [0.4, 0.5) is 11.6 Å². The molecule has 2 aromatic carbocycles. The van der Waals surface area contributed by atoms with Crippen molar-refractivity contribution in [1.82, 2.24) is 29.2 Å². The minimum Gasteiger partial charge on any atom is -0.382 e. The van der Waals surface area contributed by atoms with Crippen LogP contribution in [0.2, 0.25) is 0 Å². The van der Waals surface area contributed by atoms with Crippen LogP contribution in [0, 0.1) is 11.8 Å². The fourth-order valence-electron chi connectivity index (χ4n) is 8.45. The maximum Gasteiger partial charge on any atom is 0.155 e. The topological polar surface area (TPSA) is 149 Å². The van der Waals surface area contributed by atoms with Crippen molar-refractivity contribution in [2.75, 3.05) is 11.5 Å². The lowest BCUT2D eigenvalue weighted by Gasteiger charge is -2.32. The van der Waals surface area contributed by atoms with E-state index in [-0.39, 0.29) is 36.3 Å². The molecule has 2 aliphatic heterocycles. The van der Waals surface area contributed by atoms with Crippen LogP contribution in [0.15, 0.2) is 123 Å². The average molecular weight is 757 g/mol. The number of nitrogen functional groups attached to an aromatic ring is 2. The van der Waals surface area contributed by atoms with Gasteiger partial charge in [-0.1, -0.05) is 114 Å². The molecule has 2 aliphatic rings. The monoisotopic (exact) mass is 756 g/mol. The first-order valence-electron chi connectivity index (χ1n) is 19.3. The van der Waals surface area contributed by atoms with Gasteiger partial charge < -0.3 is 30.4 Å². The zero-order valence-corrected chi connectivity index (χ0v) is 32.6. The van der Waals surface area contributed by atoms with Crippen molar-refractivity contribution in [1.29, 1.82) is 0 Å². The van der Waals surface area contributed by atoms with Gasteiger partial charge in [-0.25, -0.2) is 19.0 Å². The molecule has 2 saturated heterocycles. The lowest BCUT2D eigenvalue weighted by Crippen LogP contribution is -2.39. The summed E-state index contributed by atoms with van der Waals surface area (Å²) in [5.41, 5.74) is 15.9. The minimum atomic E-state index is -0.817. The molecule has 0 aliphatic carbocycles. The van der Waals surface area contributed by atoms with Crippen molar-refractivity contribution in [3.05, 3.63) is 145 Å². The third kappa shape index (κ3) is 6.87. The predicted molar refractivity (Wildman–Crippen MR) is 217 cm³/mol. The van der Waals surface area contributed by atoms with E-state index in [0.717, 1.165) is 46.4 Å². The molecule has 2 unspecified atom stereocenters. The van der Waals surface area contributed by atoms with E-state index in [1.807, 2.05) is 72.8 Å². The van der Waals surface area contributed by atoms with E-state index in [9.17, 15) is 0 Å². The van der Waals surface area contributed by atoms with Crippen molar-refractivity contribution < 1.29 is 18.9 Å². The molecule has 56 heavy (non-hydrogen) atoms. The number of nitrogens with zero attached hydrogens (tertiary/aromatic N) is 6. The highest BCUT2D eigenvalue weighted by Crippen LogP contribution is 2.48. The van der Waals surface area contributed by atoms with Gasteiger partial charge in [-0.15, -0.1) is 0 Å². The normalized spacial score (nSPS) is 27.3. The summed E-state index contributed by atoms with van der Waals surface area (Å²) in [5.74, 6) is 1.24. The SMILES string of the molecule is C=C[C@@]1(c2ccc3c(N)ncnn23)O[C@H](CC)C(C)[C@@H]1OCc1ccccc1.C=C[C@]1(c2ccc3c(N)ncnn23)O[C@H](CC)C(C)[C@@H]1OCc1ccccc1. The Morgan fingerprint density at radius 2 is 1.04 bits per heavy atom. The van der Waals surface area contributed by atoms with Gasteiger partial charge in [0.15, 0.2) is 22.8 Å². The van der Waals surface area contributed by atoms with Gasteiger partial charge in [0, 0.05) is 11.8 Å². The third-order valence-corrected chi connectivity index (χ3v) is 11.4. The van der Waals surface area contributed by atoms with E-state index in [1.54, 1.807) is 9.03 Å². The summed E-state index contributed by atoms with van der Waals surface area (Å²) in [6.07, 6.45) is 8.09. The molecule has 4 N–H and O–H groups in total. The van der Waals surface area contributed by atoms with Crippen LogP contribution in [0.25, 0.3) is 11.0 Å². The molecule has 0 radical (unpaired) electrons. The summed E-state index contributed by atoms with van der Waals surface area (Å²) < 4.78 is 29.7. The van der Waals surface area contributed by atoms with Crippen molar-refractivity contribution in [2.45, 2.75) is 89.4 Å². The highest BCUT2D eigenvalue weighted by Gasteiger charge is 2.55. The van der Waals surface area contributed by atoms with Crippen LogP contribution in [0.3, 0.4) is 0 Å². The Hall–Kier alpha value is -5.40. The summed E-state index contributed by atoms with van der Waals surface area (Å²) in [4.78, 5) is 8.17. The van der Waals surface area contributed by atoms with E-state index in [4.69, 9.17) is 30.4 Å². The Balaban J connectivity index is 0.000000172. The number of hydrogen-bond donors (Lipinski definition) is 2. The van der Waals surface area contributed by atoms with Crippen LogP contribution in [-0.4, -0.2) is 53.6 Å². The molecule has 12 nitrogen and oxygen atoms in total. The van der Waals surface area contributed by atoms with Gasteiger partial charge in [0.05, 0.1) is 36.8 Å². The molecule has 8 atom stereocenters. The molecule has 6 aromatic rings. The molecule has 292 valence electrons. The number of fused-ring (bicyclic) bond motifs is 2. The van der Waals surface area contributed by atoms with E-state index < -0.39 is 11.2 Å². The van der Waals surface area contributed by atoms with Crippen LogP contribution < -0.4 is 11.5 Å². The van der Waals surface area contributed by atoms with Gasteiger partial charge in [0.1, 0.15) is 35.9 Å². The lowest BCUT2D eigenvalue weighted by atomic mass is 9.86. The summed E-state index contributed by atoms with van der Waals surface area (Å²) in [7, 11) is 0. The van der Waals surface area contributed by atoms with Gasteiger partial charge in [-0.2, -0.15) is 10.2 Å². The number of hydrogen-bond acceptors (Lipinski definition) is 10. The fourth-order valence-corrected chi connectivity index (χ4v) is 8.45. The molecule has 0 amide bonds. The Kier molecular flexibility index (Phi) is 11.4. The maximum absolute atomic E-state index is 6.59. The number of anilines is 2. The Morgan fingerprint density at radius 3 is 1.39 bits per heavy atom. The number of rotatable bonds is 12. The van der Waals surface area contributed by atoms with Gasteiger partial charge in [0.25, 0.3) is 0 Å². The molecule has 0 spiro atoms. The van der Waals surface area contributed by atoms with E-state index >= 15 is 0 Å². The summed E-state index contributed by atoms with van der Waals surface area (Å²) in [5, 5.41) is 8.82. The molecular formula is C44H52N8O4. The molecular weight excluding hydrogens is 705 g/mol. The average Bonchev–Trinajstić information content (AvgIpc) is 4.00. The smallest absolute Gasteiger partial charge is 0.155 e. The number of ether oxygens (including phenoxy) is 4. The molecule has 2 fully saturated rings. The van der Waals surface area contributed by atoms with Gasteiger partial charge in [-0.05, 0) is 48.2 Å². The van der Waals surface area contributed by atoms with Crippen LogP contribution in [0.1, 0.15) is 63.1 Å². The van der Waals surface area contributed by atoms with Crippen LogP contribution in [-0.2, 0) is 43.4 Å². The molecule has 0 saturated carbocycles. The van der Waals surface area contributed by atoms with E-state index in [1.165, 1.54) is 12.7 Å². The standard InChI is InChI=1S/2C22H26N4O2/c2*1-4-18-15(3)20(27-13-16-9-7-6-8-10-16)22(5-2,28-18)19-12-11-17-21(23)24-14-25-26(17)19/h2*5-12,14-15,18,20H,2,4,13H2,1,3H3,(H2,23,24,25)/t15?,18-,20+,22+;15?,18-,20+,22-/m11/s1. The summed E-state index contributed by atoms with van der Waals surface area (Å²) in [6, 6.07) is 28.1. The molecule has 8 rings (SSSR count). The summed E-state index contributed by atoms with van der Waals surface area (Å²) in [6.45, 7) is 17.9. The number of nitrogens with two attached hydrogens (primary N) is 2. The van der Waals surface area contributed by atoms with Crippen LogP contribution in [0.5, 0.6) is 0 Å². The van der Waals surface area contributed by atoms with E-state index in [0.29, 0.717) is 24.8 Å². The largest absolute Gasteiger partial charge is 0.382 e. The molecule has 12 heteroatoms. The van der Waals surface area contributed by atoms with Gasteiger partial charge >= 0.3 is 0 Å². The number of aromatic nitrogens is 6. The summed E-state index contributed by atoms with van der Waals surface area (Å²) >= 11 is 0. The zero-order valence-electron chi connectivity index (χ0n) is 32.6. The van der Waals surface area contributed by atoms with Crippen molar-refractivity contribution >= 4 is 22.7 Å². The first-order valence-corrected chi connectivity index (χ1v) is 19.3. The Bertz CT molecular complexity index is 2100. The highest BCUT2D eigenvalue weighted by molar-refractivity contribution is 5.66. The second kappa shape index (κ2) is 16.4. The molecule has 6 heterocycles. The first kappa shape index (κ1) is 38.9. The quantitative estimate of drug-likeness (QED) is 0.121. The highest BCUT2D eigenvalue weighted by atomic mass is 16.6. The van der Waals surface area contributed by atoms with E-state index in [2.05, 4.69) is 85.3 Å². The zero-order chi connectivity index (χ0) is 39.5. The van der Waals surface area contributed by atoms with Gasteiger partial charge in [-0.3, -0.25) is 0 Å². The lowest BCUT2D eigenvalue weighted by molar-refractivity contribution is -0.0865. The van der Waals surface area contributed by atoms with Crippen molar-refractivity contribution in [3.63, 3.8) is 0 Å². The molecule has 0 bridgehead atoms. The van der Waals surface area contributed by atoms with Crippen molar-refractivity contribution in [3.8, 4) is 0 Å². The van der Waals surface area contributed by atoms with Crippen LogP contribution >= 0.6 is 0 Å². The first-order chi connectivity index (χ1) is 27.2. The fraction of sp³-hybridized carbons (Fsp3) is 0.364. The third-order valence-electron chi connectivity index (χ3n) is 11.4. The predicted octanol–water partition coefficient (Wildman–Crippen LogP) is 7.45. The second-order valence-corrected chi connectivity index (χ2v) is 14.6. The Morgan fingerprint density at radius 1 is 0.643 bits per heavy atom. The number of benzene rings is 2.